The number of hydrogen-bond donors (Lipinski definition) is 1. The predicted molar refractivity (Wildman–Crippen MR) is 74.2 cm³/mol. The first-order chi connectivity index (χ1) is 8.38. The average molecular weight is 231 g/mol. The lowest BCUT2D eigenvalue weighted by Crippen LogP contribution is -2.29. The van der Waals surface area contributed by atoms with Crippen LogP contribution in [0.5, 0.6) is 0 Å². The van der Waals surface area contributed by atoms with Gasteiger partial charge in [0.1, 0.15) is 0 Å². The van der Waals surface area contributed by atoms with Gasteiger partial charge < -0.3 is 5.32 Å². The van der Waals surface area contributed by atoms with E-state index in [9.17, 15) is 0 Å². The molecule has 0 radical (unpaired) electrons. The van der Waals surface area contributed by atoms with Crippen LogP contribution in [0.3, 0.4) is 0 Å². The standard InChI is InChI=1S/C16H25N/c1-2-17-16(13-11-15-8-9-15)12-10-14-6-4-3-5-7-14/h3-7,15-17H,2,8-13H2,1H3. The third kappa shape index (κ3) is 4.91. The van der Waals surface area contributed by atoms with Crippen LogP contribution in [0.4, 0.5) is 0 Å². The number of rotatable bonds is 8. The van der Waals surface area contributed by atoms with Crippen LogP contribution in [0.15, 0.2) is 30.3 Å². The minimum Gasteiger partial charge on any atom is -0.314 e. The van der Waals surface area contributed by atoms with Crippen LogP contribution in [0.2, 0.25) is 0 Å². The van der Waals surface area contributed by atoms with Gasteiger partial charge in [-0.3, -0.25) is 0 Å². The first kappa shape index (κ1) is 12.6. The third-order valence-corrected chi connectivity index (χ3v) is 3.74. The third-order valence-electron chi connectivity index (χ3n) is 3.74. The molecule has 1 unspecified atom stereocenters. The number of nitrogens with one attached hydrogen (secondary N) is 1. The second kappa shape index (κ2) is 6.80. The molecule has 1 aliphatic rings. The van der Waals surface area contributed by atoms with Crippen LogP contribution in [-0.2, 0) is 6.42 Å². The average Bonchev–Trinajstić information content (AvgIpc) is 3.18. The number of aryl methyl sites for hydroxylation is 1. The van der Waals surface area contributed by atoms with E-state index in [1.165, 1.54) is 44.1 Å². The molecule has 1 aromatic carbocycles. The highest BCUT2D eigenvalue weighted by molar-refractivity contribution is 5.14. The van der Waals surface area contributed by atoms with Crippen molar-refractivity contribution in [1.82, 2.24) is 5.32 Å². The first-order valence-corrected chi connectivity index (χ1v) is 7.15. The van der Waals surface area contributed by atoms with Crippen molar-refractivity contribution in [2.24, 2.45) is 5.92 Å². The largest absolute Gasteiger partial charge is 0.314 e. The van der Waals surface area contributed by atoms with Crippen molar-refractivity contribution >= 4 is 0 Å². The summed E-state index contributed by atoms with van der Waals surface area (Å²) in [7, 11) is 0. The van der Waals surface area contributed by atoms with Gasteiger partial charge in [0.15, 0.2) is 0 Å². The van der Waals surface area contributed by atoms with Crippen molar-refractivity contribution in [3.05, 3.63) is 35.9 Å². The van der Waals surface area contributed by atoms with Crippen LogP contribution in [0, 0.1) is 5.92 Å². The van der Waals surface area contributed by atoms with Gasteiger partial charge in [0, 0.05) is 6.04 Å². The van der Waals surface area contributed by atoms with Crippen molar-refractivity contribution in [1.29, 1.82) is 0 Å². The minimum absolute atomic E-state index is 0.723. The Labute approximate surface area is 106 Å². The van der Waals surface area contributed by atoms with Gasteiger partial charge in [-0.05, 0) is 43.7 Å². The molecule has 1 N–H and O–H groups in total. The zero-order chi connectivity index (χ0) is 11.9. The van der Waals surface area contributed by atoms with Crippen LogP contribution in [0.1, 0.15) is 44.6 Å². The molecule has 1 nitrogen and oxygen atoms in total. The molecule has 1 aliphatic carbocycles. The second-order valence-electron chi connectivity index (χ2n) is 5.30. The maximum Gasteiger partial charge on any atom is 0.00702 e. The van der Waals surface area contributed by atoms with Gasteiger partial charge in [-0.1, -0.05) is 50.1 Å². The van der Waals surface area contributed by atoms with Crippen molar-refractivity contribution in [2.45, 2.75) is 51.5 Å². The van der Waals surface area contributed by atoms with Gasteiger partial charge in [-0.25, -0.2) is 0 Å². The van der Waals surface area contributed by atoms with E-state index in [2.05, 4.69) is 42.6 Å². The molecule has 0 heterocycles. The predicted octanol–water partition coefficient (Wildman–Crippen LogP) is 3.79. The molecule has 0 aromatic heterocycles. The van der Waals surface area contributed by atoms with Crippen LogP contribution >= 0.6 is 0 Å². The van der Waals surface area contributed by atoms with Gasteiger partial charge in [-0.2, -0.15) is 0 Å². The zero-order valence-electron chi connectivity index (χ0n) is 11.0. The summed E-state index contributed by atoms with van der Waals surface area (Å²) in [5.74, 6) is 1.06. The highest BCUT2D eigenvalue weighted by Crippen LogP contribution is 2.34. The van der Waals surface area contributed by atoms with Crippen molar-refractivity contribution in [2.75, 3.05) is 6.54 Å². The Morgan fingerprint density at radius 3 is 2.59 bits per heavy atom. The highest BCUT2D eigenvalue weighted by atomic mass is 14.9. The van der Waals surface area contributed by atoms with Gasteiger partial charge in [0.25, 0.3) is 0 Å². The quantitative estimate of drug-likeness (QED) is 0.718. The van der Waals surface area contributed by atoms with E-state index >= 15 is 0 Å². The van der Waals surface area contributed by atoms with Crippen LogP contribution in [0.25, 0.3) is 0 Å². The lowest BCUT2D eigenvalue weighted by molar-refractivity contribution is 0.440. The van der Waals surface area contributed by atoms with Crippen molar-refractivity contribution in [3.8, 4) is 0 Å². The molecule has 0 bridgehead atoms. The number of hydrogen-bond acceptors (Lipinski definition) is 1. The second-order valence-corrected chi connectivity index (χ2v) is 5.30. The highest BCUT2D eigenvalue weighted by Gasteiger charge is 2.22. The first-order valence-electron chi connectivity index (χ1n) is 7.15. The Kier molecular flexibility index (Phi) is 5.06. The number of benzene rings is 1. The van der Waals surface area contributed by atoms with Crippen molar-refractivity contribution in [3.63, 3.8) is 0 Å². The van der Waals surface area contributed by atoms with Gasteiger partial charge in [-0.15, -0.1) is 0 Å². The molecule has 0 saturated heterocycles. The summed E-state index contributed by atoms with van der Waals surface area (Å²) in [6, 6.07) is 11.6. The van der Waals surface area contributed by atoms with E-state index in [-0.39, 0.29) is 0 Å². The summed E-state index contributed by atoms with van der Waals surface area (Å²) >= 11 is 0. The Balaban J connectivity index is 1.71. The normalized spacial score (nSPS) is 17.0. The van der Waals surface area contributed by atoms with Crippen LogP contribution < -0.4 is 5.32 Å². The Morgan fingerprint density at radius 1 is 1.18 bits per heavy atom. The Hall–Kier alpha value is -0.820. The summed E-state index contributed by atoms with van der Waals surface area (Å²) in [5.41, 5.74) is 1.47. The molecule has 1 aromatic rings. The lowest BCUT2D eigenvalue weighted by atomic mass is 10.0. The Morgan fingerprint density at radius 2 is 1.94 bits per heavy atom. The van der Waals surface area contributed by atoms with Crippen LogP contribution in [-0.4, -0.2) is 12.6 Å². The SMILES string of the molecule is CCNC(CCc1ccccc1)CCC1CC1. The summed E-state index contributed by atoms with van der Waals surface area (Å²) in [5, 5.41) is 3.64. The molecule has 1 heteroatoms. The van der Waals surface area contributed by atoms with E-state index in [1.54, 1.807) is 0 Å². The molecule has 17 heavy (non-hydrogen) atoms. The van der Waals surface area contributed by atoms with Gasteiger partial charge in [0.2, 0.25) is 0 Å². The maximum atomic E-state index is 3.64. The van der Waals surface area contributed by atoms with E-state index < -0.39 is 0 Å². The maximum absolute atomic E-state index is 3.64. The molecule has 0 spiro atoms. The van der Waals surface area contributed by atoms with Crippen molar-refractivity contribution < 1.29 is 0 Å². The Bertz CT molecular complexity index is 303. The molecular weight excluding hydrogens is 206 g/mol. The molecule has 1 atom stereocenters. The zero-order valence-corrected chi connectivity index (χ0v) is 11.0. The lowest BCUT2D eigenvalue weighted by Gasteiger charge is -2.17. The van der Waals surface area contributed by atoms with E-state index in [0.29, 0.717) is 0 Å². The van der Waals surface area contributed by atoms with E-state index in [0.717, 1.165) is 18.5 Å². The summed E-state index contributed by atoms with van der Waals surface area (Å²) in [6.07, 6.45) is 8.26. The fraction of sp³-hybridized carbons (Fsp3) is 0.625. The summed E-state index contributed by atoms with van der Waals surface area (Å²) in [4.78, 5) is 0. The molecule has 0 aliphatic heterocycles. The summed E-state index contributed by atoms with van der Waals surface area (Å²) in [6.45, 7) is 3.32. The topological polar surface area (TPSA) is 12.0 Å². The fourth-order valence-corrected chi connectivity index (χ4v) is 2.47. The molecular formula is C16H25N. The molecule has 2 rings (SSSR count). The van der Waals surface area contributed by atoms with Gasteiger partial charge in [0.05, 0.1) is 0 Å². The molecule has 1 saturated carbocycles. The molecule has 94 valence electrons. The fourth-order valence-electron chi connectivity index (χ4n) is 2.47. The van der Waals surface area contributed by atoms with Gasteiger partial charge >= 0.3 is 0 Å². The molecule has 0 amide bonds. The van der Waals surface area contributed by atoms with E-state index in [4.69, 9.17) is 0 Å². The van der Waals surface area contributed by atoms with E-state index in [1.807, 2.05) is 0 Å². The minimum atomic E-state index is 0.723. The molecule has 1 fully saturated rings. The monoisotopic (exact) mass is 231 g/mol. The smallest absolute Gasteiger partial charge is 0.00702 e. The summed E-state index contributed by atoms with van der Waals surface area (Å²) < 4.78 is 0.